The van der Waals surface area contributed by atoms with Gasteiger partial charge < -0.3 is 10.6 Å². The van der Waals surface area contributed by atoms with Gasteiger partial charge in [-0.2, -0.15) is 0 Å². The van der Waals surface area contributed by atoms with E-state index in [0.29, 0.717) is 15.7 Å². The van der Waals surface area contributed by atoms with E-state index in [0.717, 1.165) is 18.7 Å². The minimum Gasteiger partial charge on any atom is -0.385 e. The van der Waals surface area contributed by atoms with E-state index in [4.69, 9.17) is 0 Å². The Morgan fingerprint density at radius 1 is 1.14 bits per heavy atom. The van der Waals surface area contributed by atoms with E-state index in [2.05, 4.69) is 33.5 Å². The third-order valence-electron chi connectivity index (χ3n) is 2.90. The van der Waals surface area contributed by atoms with Crippen molar-refractivity contribution in [3.05, 3.63) is 58.3 Å². The van der Waals surface area contributed by atoms with Gasteiger partial charge in [0.15, 0.2) is 0 Å². The second-order valence-electron chi connectivity index (χ2n) is 4.59. The number of amides is 1. The molecule has 2 N–H and O–H groups in total. The van der Waals surface area contributed by atoms with Gasteiger partial charge in [0.2, 0.25) is 0 Å². The van der Waals surface area contributed by atoms with Crippen LogP contribution in [0.5, 0.6) is 0 Å². The molecule has 110 valence electrons. The zero-order valence-corrected chi connectivity index (χ0v) is 13.2. The second kappa shape index (κ2) is 7.22. The van der Waals surface area contributed by atoms with Crippen LogP contribution in [0.3, 0.4) is 0 Å². The highest BCUT2D eigenvalue weighted by molar-refractivity contribution is 9.10. The van der Waals surface area contributed by atoms with Crippen LogP contribution in [-0.4, -0.2) is 12.5 Å². The number of hydrogen-bond acceptors (Lipinski definition) is 2. The van der Waals surface area contributed by atoms with Crippen molar-refractivity contribution in [3.63, 3.8) is 0 Å². The lowest BCUT2D eigenvalue weighted by molar-refractivity contribution is 0.102. The Morgan fingerprint density at radius 3 is 2.43 bits per heavy atom. The average molecular weight is 351 g/mol. The molecule has 21 heavy (non-hydrogen) atoms. The minimum atomic E-state index is -0.410. The number of carbonyl (C=O) groups is 1. The summed E-state index contributed by atoms with van der Waals surface area (Å²) in [7, 11) is 0. The van der Waals surface area contributed by atoms with Crippen molar-refractivity contribution in [3.8, 4) is 0 Å². The molecule has 0 unspecified atom stereocenters. The Hall–Kier alpha value is -1.88. The zero-order chi connectivity index (χ0) is 15.2. The van der Waals surface area contributed by atoms with Crippen LogP contribution in [0.2, 0.25) is 0 Å². The van der Waals surface area contributed by atoms with E-state index in [-0.39, 0.29) is 5.91 Å². The van der Waals surface area contributed by atoms with Gasteiger partial charge in [-0.3, -0.25) is 4.79 Å². The zero-order valence-electron chi connectivity index (χ0n) is 11.6. The van der Waals surface area contributed by atoms with Gasteiger partial charge >= 0.3 is 0 Å². The van der Waals surface area contributed by atoms with Gasteiger partial charge in [-0.1, -0.05) is 6.92 Å². The molecular weight excluding hydrogens is 335 g/mol. The Bertz CT molecular complexity index is 629. The molecule has 0 aliphatic carbocycles. The topological polar surface area (TPSA) is 41.1 Å². The van der Waals surface area contributed by atoms with Crippen molar-refractivity contribution in [2.45, 2.75) is 13.3 Å². The first-order valence-electron chi connectivity index (χ1n) is 6.70. The van der Waals surface area contributed by atoms with Crippen LogP contribution in [0.15, 0.2) is 46.9 Å². The normalized spacial score (nSPS) is 10.2. The van der Waals surface area contributed by atoms with E-state index in [1.807, 2.05) is 12.1 Å². The van der Waals surface area contributed by atoms with Crippen molar-refractivity contribution >= 4 is 33.2 Å². The van der Waals surface area contributed by atoms with Crippen LogP contribution in [0.4, 0.5) is 15.8 Å². The summed E-state index contributed by atoms with van der Waals surface area (Å²) >= 11 is 3.07. The highest BCUT2D eigenvalue weighted by atomic mass is 79.9. The second-order valence-corrected chi connectivity index (χ2v) is 5.44. The highest BCUT2D eigenvalue weighted by Crippen LogP contribution is 2.20. The van der Waals surface area contributed by atoms with Crippen LogP contribution >= 0.6 is 15.9 Å². The Labute approximate surface area is 131 Å². The van der Waals surface area contributed by atoms with Gasteiger partial charge in [0.25, 0.3) is 5.91 Å². The van der Waals surface area contributed by atoms with E-state index < -0.39 is 5.82 Å². The summed E-state index contributed by atoms with van der Waals surface area (Å²) in [6.45, 7) is 2.98. The number of carbonyl (C=O) groups excluding carboxylic acids is 1. The summed E-state index contributed by atoms with van der Waals surface area (Å²) in [5.74, 6) is -0.675. The molecule has 5 heteroatoms. The monoisotopic (exact) mass is 350 g/mol. The van der Waals surface area contributed by atoms with Gasteiger partial charge in [-0.25, -0.2) is 4.39 Å². The fourth-order valence-electron chi connectivity index (χ4n) is 1.79. The molecule has 0 aliphatic rings. The Balaban J connectivity index is 2.04. The van der Waals surface area contributed by atoms with Crippen molar-refractivity contribution < 1.29 is 9.18 Å². The molecule has 0 aromatic heterocycles. The molecule has 2 rings (SSSR count). The van der Waals surface area contributed by atoms with Gasteiger partial charge in [-0.05, 0) is 64.8 Å². The quantitative estimate of drug-likeness (QED) is 0.823. The molecule has 3 nitrogen and oxygen atoms in total. The van der Waals surface area contributed by atoms with Gasteiger partial charge in [0.1, 0.15) is 5.82 Å². The number of rotatable bonds is 5. The van der Waals surface area contributed by atoms with Crippen molar-refractivity contribution in [1.29, 1.82) is 0 Å². The number of benzene rings is 2. The molecule has 1 amide bonds. The Morgan fingerprint density at radius 2 is 1.81 bits per heavy atom. The number of hydrogen-bond donors (Lipinski definition) is 2. The van der Waals surface area contributed by atoms with Crippen LogP contribution in [0.25, 0.3) is 0 Å². The van der Waals surface area contributed by atoms with Gasteiger partial charge in [0.05, 0.1) is 4.47 Å². The van der Waals surface area contributed by atoms with Crippen molar-refractivity contribution in [1.82, 2.24) is 0 Å². The maximum atomic E-state index is 13.4. The van der Waals surface area contributed by atoms with Crippen LogP contribution in [0, 0.1) is 5.82 Å². The molecular formula is C16H16BrFN2O. The van der Waals surface area contributed by atoms with Gasteiger partial charge in [-0.15, -0.1) is 0 Å². The fraction of sp³-hybridized carbons (Fsp3) is 0.188. The number of nitrogens with one attached hydrogen (secondary N) is 2. The molecule has 2 aromatic rings. The first-order chi connectivity index (χ1) is 10.1. The molecule has 0 bridgehead atoms. The maximum absolute atomic E-state index is 13.4. The van der Waals surface area contributed by atoms with Gasteiger partial charge in [0, 0.05) is 23.5 Å². The number of halogens is 2. The van der Waals surface area contributed by atoms with Crippen LogP contribution in [0.1, 0.15) is 23.7 Å². The average Bonchev–Trinajstić information content (AvgIpc) is 2.49. The lowest BCUT2D eigenvalue weighted by Gasteiger charge is -2.08. The lowest BCUT2D eigenvalue weighted by Crippen LogP contribution is -2.12. The summed E-state index contributed by atoms with van der Waals surface area (Å²) in [5, 5.41) is 5.91. The first kappa shape index (κ1) is 15.5. The molecule has 0 saturated carbocycles. The SMILES string of the molecule is CCCNc1ccc(C(=O)Nc2ccc(Br)c(F)c2)cc1. The summed E-state index contributed by atoms with van der Waals surface area (Å²) in [4.78, 5) is 12.1. The number of anilines is 2. The van der Waals surface area contributed by atoms with E-state index >= 15 is 0 Å². The largest absolute Gasteiger partial charge is 0.385 e. The minimum absolute atomic E-state index is 0.265. The van der Waals surface area contributed by atoms with Crippen LogP contribution in [-0.2, 0) is 0 Å². The molecule has 0 spiro atoms. The fourth-order valence-corrected chi connectivity index (χ4v) is 2.03. The highest BCUT2D eigenvalue weighted by Gasteiger charge is 2.07. The molecule has 0 aliphatic heterocycles. The van der Waals surface area contributed by atoms with E-state index in [1.54, 1.807) is 24.3 Å². The van der Waals surface area contributed by atoms with Crippen molar-refractivity contribution in [2.75, 3.05) is 17.2 Å². The van der Waals surface area contributed by atoms with E-state index in [9.17, 15) is 9.18 Å². The smallest absolute Gasteiger partial charge is 0.255 e. The predicted molar refractivity (Wildman–Crippen MR) is 87.3 cm³/mol. The molecule has 0 saturated heterocycles. The molecule has 2 aromatic carbocycles. The molecule has 0 heterocycles. The predicted octanol–water partition coefficient (Wildman–Crippen LogP) is 4.66. The summed E-state index contributed by atoms with van der Waals surface area (Å²) < 4.78 is 13.8. The van der Waals surface area contributed by atoms with Crippen molar-refractivity contribution in [2.24, 2.45) is 0 Å². The van der Waals surface area contributed by atoms with Crippen LogP contribution < -0.4 is 10.6 Å². The third-order valence-corrected chi connectivity index (χ3v) is 3.55. The molecule has 0 radical (unpaired) electrons. The third kappa shape index (κ3) is 4.29. The summed E-state index contributed by atoms with van der Waals surface area (Å²) in [5.41, 5.74) is 1.93. The molecule has 0 atom stereocenters. The summed E-state index contributed by atoms with van der Waals surface area (Å²) in [6, 6.07) is 11.7. The maximum Gasteiger partial charge on any atom is 0.255 e. The Kier molecular flexibility index (Phi) is 5.33. The summed E-state index contributed by atoms with van der Waals surface area (Å²) in [6.07, 6.45) is 1.04. The first-order valence-corrected chi connectivity index (χ1v) is 7.50. The standard InChI is InChI=1S/C16H16BrFN2O/c1-2-9-19-12-5-3-11(4-6-12)16(21)20-13-7-8-14(17)15(18)10-13/h3-8,10,19H,2,9H2,1H3,(H,20,21). The molecule has 0 fully saturated rings. The van der Waals surface area contributed by atoms with E-state index in [1.165, 1.54) is 6.07 Å². The lowest BCUT2D eigenvalue weighted by atomic mass is 10.2.